The second-order valence-corrected chi connectivity index (χ2v) is 2.16. The molecule has 0 aromatic carbocycles. The van der Waals surface area contributed by atoms with Crippen LogP contribution in [0.25, 0.3) is 0 Å². The number of nitrogens with zero attached hydrogens (tertiary/aromatic N) is 1. The summed E-state index contributed by atoms with van der Waals surface area (Å²) in [7, 11) is 0. The molecule has 0 atom stereocenters. The minimum Gasteiger partial charge on any atom is -0.269 e. The Bertz CT molecular complexity index is 152. The first-order valence-electron chi connectivity index (χ1n) is 3.55. The molecule has 0 amide bonds. The van der Waals surface area contributed by atoms with Gasteiger partial charge >= 0.3 is 0 Å². The van der Waals surface area contributed by atoms with Gasteiger partial charge in [0.1, 0.15) is 0 Å². The smallest absolute Gasteiger partial charge is 0.0256 e. The summed E-state index contributed by atoms with van der Waals surface area (Å²) >= 11 is 0. The van der Waals surface area contributed by atoms with E-state index in [0.717, 1.165) is 6.42 Å². The maximum Gasteiger partial charge on any atom is 0.0256 e. The Kier molecular flexibility index (Phi) is 5.74. The zero-order valence-electron chi connectivity index (χ0n) is 6.96. The average molecular weight is 137 g/mol. The molecule has 0 saturated carbocycles. The standard InChI is InChI=1S/C9H15N/c1-4-6-7-9(3)8-10-5-2/h4-6,8H,7H2,1-3H3. The SMILES string of the molecule is CC=CCC(C)=CN=CC. The Morgan fingerprint density at radius 3 is 2.60 bits per heavy atom. The molecule has 0 aromatic heterocycles. The second kappa shape index (κ2) is 6.27. The van der Waals surface area contributed by atoms with E-state index in [2.05, 4.69) is 18.0 Å². The lowest BCUT2D eigenvalue weighted by atomic mass is 10.2. The van der Waals surface area contributed by atoms with Crippen LogP contribution in [0.2, 0.25) is 0 Å². The first-order valence-corrected chi connectivity index (χ1v) is 3.55. The Hall–Kier alpha value is -0.850. The highest BCUT2D eigenvalue weighted by molar-refractivity contribution is 5.54. The highest BCUT2D eigenvalue weighted by Gasteiger charge is 1.80. The van der Waals surface area contributed by atoms with Gasteiger partial charge in [-0.2, -0.15) is 0 Å². The van der Waals surface area contributed by atoms with Gasteiger partial charge in [-0.15, -0.1) is 0 Å². The summed E-state index contributed by atoms with van der Waals surface area (Å²) in [6.45, 7) is 6.02. The van der Waals surface area contributed by atoms with E-state index in [9.17, 15) is 0 Å². The van der Waals surface area contributed by atoms with E-state index in [4.69, 9.17) is 0 Å². The van der Waals surface area contributed by atoms with E-state index in [1.54, 1.807) is 6.21 Å². The zero-order chi connectivity index (χ0) is 7.82. The van der Waals surface area contributed by atoms with E-state index in [0.29, 0.717) is 0 Å². The van der Waals surface area contributed by atoms with Gasteiger partial charge in [0.15, 0.2) is 0 Å². The Morgan fingerprint density at radius 1 is 1.40 bits per heavy atom. The van der Waals surface area contributed by atoms with Gasteiger partial charge in [-0.25, -0.2) is 0 Å². The third-order valence-corrected chi connectivity index (χ3v) is 1.12. The quantitative estimate of drug-likeness (QED) is 0.419. The molecule has 0 aromatic rings. The molecule has 0 aliphatic rings. The third-order valence-electron chi connectivity index (χ3n) is 1.12. The summed E-state index contributed by atoms with van der Waals surface area (Å²) in [6.07, 6.45) is 8.86. The molecule has 0 aliphatic heterocycles. The van der Waals surface area contributed by atoms with Crippen molar-refractivity contribution in [2.24, 2.45) is 4.99 Å². The molecule has 0 bridgehead atoms. The molecule has 0 saturated heterocycles. The molecule has 0 heterocycles. The van der Waals surface area contributed by atoms with Gasteiger partial charge in [0, 0.05) is 12.4 Å². The lowest BCUT2D eigenvalue weighted by Gasteiger charge is -1.89. The maximum absolute atomic E-state index is 4.00. The molecule has 1 nitrogen and oxygen atoms in total. The van der Waals surface area contributed by atoms with Gasteiger partial charge in [0.05, 0.1) is 0 Å². The normalized spacial score (nSPS) is 13.7. The first kappa shape index (κ1) is 9.15. The molecule has 56 valence electrons. The van der Waals surface area contributed by atoms with Crippen LogP contribution >= 0.6 is 0 Å². The van der Waals surface area contributed by atoms with Crippen LogP contribution < -0.4 is 0 Å². The molecule has 1 heteroatoms. The third kappa shape index (κ3) is 5.29. The topological polar surface area (TPSA) is 12.4 Å². The van der Waals surface area contributed by atoms with Gasteiger partial charge < -0.3 is 0 Å². The second-order valence-electron chi connectivity index (χ2n) is 2.16. The van der Waals surface area contributed by atoms with E-state index < -0.39 is 0 Å². The maximum atomic E-state index is 4.00. The summed E-state index contributed by atoms with van der Waals surface area (Å²) in [4.78, 5) is 4.00. The van der Waals surface area contributed by atoms with Crippen LogP contribution in [0, 0.1) is 0 Å². The number of hydrogen-bond acceptors (Lipinski definition) is 1. The van der Waals surface area contributed by atoms with Crippen LogP contribution in [0.3, 0.4) is 0 Å². The number of aliphatic imine (C=N–C) groups is 1. The van der Waals surface area contributed by atoms with Crippen molar-refractivity contribution in [3.63, 3.8) is 0 Å². The fourth-order valence-corrected chi connectivity index (χ4v) is 0.558. The minimum atomic E-state index is 1.01. The monoisotopic (exact) mass is 137 g/mol. The molecule has 0 N–H and O–H groups in total. The molecule has 0 rings (SSSR count). The van der Waals surface area contributed by atoms with E-state index in [1.807, 2.05) is 26.1 Å². The van der Waals surface area contributed by atoms with Crippen molar-refractivity contribution in [1.82, 2.24) is 0 Å². The van der Waals surface area contributed by atoms with Crippen molar-refractivity contribution in [2.75, 3.05) is 0 Å². The number of hydrogen-bond donors (Lipinski definition) is 0. The summed E-state index contributed by atoms with van der Waals surface area (Å²) in [5.74, 6) is 0. The zero-order valence-corrected chi connectivity index (χ0v) is 6.96. The van der Waals surface area contributed by atoms with Crippen molar-refractivity contribution in [2.45, 2.75) is 27.2 Å². The van der Waals surface area contributed by atoms with Crippen LogP contribution in [0.4, 0.5) is 0 Å². The van der Waals surface area contributed by atoms with Crippen LogP contribution in [0.5, 0.6) is 0 Å². The number of allylic oxidation sites excluding steroid dienone is 3. The lowest BCUT2D eigenvalue weighted by molar-refractivity contribution is 1.18. The Labute approximate surface area is 63.2 Å². The van der Waals surface area contributed by atoms with E-state index >= 15 is 0 Å². The predicted molar refractivity (Wildman–Crippen MR) is 47.4 cm³/mol. The van der Waals surface area contributed by atoms with Crippen LogP contribution in [-0.4, -0.2) is 6.21 Å². The summed E-state index contributed by atoms with van der Waals surface area (Å²) < 4.78 is 0. The molecule has 0 spiro atoms. The highest BCUT2D eigenvalue weighted by Crippen LogP contribution is 1.99. The summed E-state index contributed by atoms with van der Waals surface area (Å²) in [6, 6.07) is 0. The highest BCUT2D eigenvalue weighted by atomic mass is 14.7. The van der Waals surface area contributed by atoms with E-state index in [-0.39, 0.29) is 0 Å². The van der Waals surface area contributed by atoms with Crippen molar-refractivity contribution in [1.29, 1.82) is 0 Å². The van der Waals surface area contributed by atoms with Crippen molar-refractivity contribution >= 4 is 6.21 Å². The summed E-state index contributed by atoms with van der Waals surface area (Å²) in [5, 5.41) is 0. The largest absolute Gasteiger partial charge is 0.269 e. The molecular formula is C9H15N. The predicted octanol–water partition coefficient (Wildman–Crippen LogP) is 2.95. The van der Waals surface area contributed by atoms with Crippen molar-refractivity contribution in [3.8, 4) is 0 Å². The van der Waals surface area contributed by atoms with Crippen molar-refractivity contribution < 1.29 is 0 Å². The lowest BCUT2D eigenvalue weighted by Crippen LogP contribution is -1.70. The van der Waals surface area contributed by atoms with Crippen LogP contribution in [0.1, 0.15) is 27.2 Å². The molecule has 0 radical (unpaired) electrons. The molecule has 0 aliphatic carbocycles. The average Bonchev–Trinajstić information content (AvgIpc) is 1.97. The number of rotatable bonds is 3. The Morgan fingerprint density at radius 2 is 2.10 bits per heavy atom. The van der Waals surface area contributed by atoms with Gasteiger partial charge in [-0.3, -0.25) is 4.99 Å². The van der Waals surface area contributed by atoms with Crippen LogP contribution in [-0.2, 0) is 0 Å². The van der Waals surface area contributed by atoms with Crippen molar-refractivity contribution in [3.05, 3.63) is 23.9 Å². The van der Waals surface area contributed by atoms with Gasteiger partial charge in [0.25, 0.3) is 0 Å². The van der Waals surface area contributed by atoms with Gasteiger partial charge in [-0.1, -0.05) is 17.7 Å². The first-order chi connectivity index (χ1) is 4.81. The molecule has 0 fully saturated rings. The Balaban J connectivity index is 3.70. The molecule has 0 unspecified atom stereocenters. The summed E-state index contributed by atoms with van der Waals surface area (Å²) in [5.41, 5.74) is 1.29. The van der Waals surface area contributed by atoms with Crippen LogP contribution in [0.15, 0.2) is 28.9 Å². The minimum absolute atomic E-state index is 1.01. The van der Waals surface area contributed by atoms with Gasteiger partial charge in [-0.05, 0) is 27.2 Å². The molecular weight excluding hydrogens is 122 g/mol. The fourth-order valence-electron chi connectivity index (χ4n) is 0.558. The van der Waals surface area contributed by atoms with E-state index in [1.165, 1.54) is 5.57 Å². The fraction of sp³-hybridized carbons (Fsp3) is 0.444. The van der Waals surface area contributed by atoms with Gasteiger partial charge in [0.2, 0.25) is 0 Å². The molecule has 10 heavy (non-hydrogen) atoms.